The molecule has 4 aromatic rings. The Labute approximate surface area is 188 Å². The predicted octanol–water partition coefficient (Wildman–Crippen LogP) is 6.23. The molecule has 1 heterocycles. The van der Waals surface area contributed by atoms with Gasteiger partial charge in [-0.2, -0.15) is 4.98 Å². The zero-order chi connectivity index (χ0) is 22.0. The number of hydrogen-bond donors (Lipinski definition) is 1. The summed E-state index contributed by atoms with van der Waals surface area (Å²) >= 11 is 11.8. The molecule has 0 bridgehead atoms. The van der Waals surface area contributed by atoms with Crippen molar-refractivity contribution in [2.75, 3.05) is 5.32 Å². The third-order valence-corrected chi connectivity index (χ3v) is 6.63. The van der Waals surface area contributed by atoms with Crippen LogP contribution in [0.4, 0.5) is 10.3 Å². The first-order valence-electron chi connectivity index (χ1n) is 9.09. The maximum absolute atomic E-state index is 14.3. The summed E-state index contributed by atoms with van der Waals surface area (Å²) in [6.45, 7) is 0.242. The lowest BCUT2D eigenvalue weighted by atomic mass is 10.2. The van der Waals surface area contributed by atoms with Gasteiger partial charge in [-0.1, -0.05) is 47.5 Å². The van der Waals surface area contributed by atoms with Gasteiger partial charge in [-0.05, 0) is 54.1 Å². The average Bonchev–Trinajstić information content (AvgIpc) is 3.19. The normalized spacial score (nSPS) is 11.5. The van der Waals surface area contributed by atoms with Crippen LogP contribution in [0.3, 0.4) is 0 Å². The molecular weight excluding hydrogens is 462 g/mol. The van der Waals surface area contributed by atoms with Gasteiger partial charge in [0.1, 0.15) is 5.82 Å². The van der Waals surface area contributed by atoms with Gasteiger partial charge < -0.3 is 9.73 Å². The number of oxazole rings is 1. The van der Waals surface area contributed by atoms with Crippen LogP contribution in [0.25, 0.3) is 11.5 Å². The van der Waals surface area contributed by atoms with Gasteiger partial charge in [0, 0.05) is 16.6 Å². The van der Waals surface area contributed by atoms with Crippen LogP contribution in [0.15, 0.2) is 87.1 Å². The zero-order valence-corrected chi connectivity index (χ0v) is 18.2. The van der Waals surface area contributed by atoms with Crippen LogP contribution in [-0.4, -0.2) is 13.4 Å². The van der Waals surface area contributed by atoms with Crippen LogP contribution in [0.2, 0.25) is 10.0 Å². The molecule has 0 aliphatic heterocycles. The summed E-state index contributed by atoms with van der Waals surface area (Å²) in [6, 6.07) is 18.5. The van der Waals surface area contributed by atoms with Crippen molar-refractivity contribution in [2.45, 2.75) is 16.5 Å². The molecule has 0 saturated carbocycles. The number of nitrogens with one attached hydrogen (secondary N) is 1. The highest BCUT2D eigenvalue weighted by atomic mass is 35.5. The fourth-order valence-electron chi connectivity index (χ4n) is 2.86. The molecule has 0 radical (unpaired) electrons. The smallest absolute Gasteiger partial charge is 0.234 e. The van der Waals surface area contributed by atoms with E-state index in [1.807, 2.05) is 0 Å². The summed E-state index contributed by atoms with van der Waals surface area (Å²) in [6.07, 6.45) is 0. The van der Waals surface area contributed by atoms with Crippen molar-refractivity contribution in [1.82, 2.24) is 4.98 Å². The Balaban J connectivity index is 1.77. The van der Waals surface area contributed by atoms with Gasteiger partial charge in [0.25, 0.3) is 0 Å². The van der Waals surface area contributed by atoms with Crippen LogP contribution < -0.4 is 5.32 Å². The molecule has 0 saturated heterocycles. The SMILES string of the molecule is O=S(=O)(c1ccc(Cl)cc1)c1nc(-c2ccccc2F)oc1NCc1ccc(Cl)cc1. The summed E-state index contributed by atoms with van der Waals surface area (Å²) in [5.41, 5.74) is 0.887. The Morgan fingerprint density at radius 1 is 0.903 bits per heavy atom. The number of nitrogens with zero attached hydrogens (tertiary/aromatic N) is 1. The molecule has 0 atom stereocenters. The van der Waals surface area contributed by atoms with E-state index in [1.165, 1.54) is 42.5 Å². The Kier molecular flexibility index (Phi) is 6.00. The lowest BCUT2D eigenvalue weighted by Crippen LogP contribution is -2.07. The van der Waals surface area contributed by atoms with E-state index in [0.717, 1.165) is 5.56 Å². The molecule has 5 nitrogen and oxygen atoms in total. The van der Waals surface area contributed by atoms with Crippen molar-refractivity contribution in [2.24, 2.45) is 0 Å². The van der Waals surface area contributed by atoms with Gasteiger partial charge in [-0.3, -0.25) is 0 Å². The fourth-order valence-corrected chi connectivity index (χ4v) is 4.39. The van der Waals surface area contributed by atoms with Gasteiger partial charge in [0.2, 0.25) is 26.6 Å². The van der Waals surface area contributed by atoms with Crippen molar-refractivity contribution in [3.05, 3.63) is 94.2 Å². The van der Waals surface area contributed by atoms with Gasteiger partial charge in [0.15, 0.2) is 0 Å². The second-order valence-corrected chi connectivity index (χ2v) is 9.31. The molecule has 3 aromatic carbocycles. The third-order valence-electron chi connectivity index (χ3n) is 4.45. The van der Waals surface area contributed by atoms with Crippen LogP contribution in [0.1, 0.15) is 5.56 Å². The summed E-state index contributed by atoms with van der Waals surface area (Å²) in [7, 11) is -4.07. The average molecular weight is 477 g/mol. The van der Waals surface area contributed by atoms with Gasteiger partial charge in [0.05, 0.1) is 10.5 Å². The molecular formula is C22H15Cl2FN2O3S. The molecule has 31 heavy (non-hydrogen) atoms. The van der Waals surface area contributed by atoms with Crippen LogP contribution in [0, 0.1) is 5.82 Å². The molecule has 0 unspecified atom stereocenters. The highest BCUT2D eigenvalue weighted by molar-refractivity contribution is 7.91. The molecule has 0 aliphatic rings. The van der Waals surface area contributed by atoms with E-state index in [2.05, 4.69) is 10.3 Å². The van der Waals surface area contributed by atoms with E-state index in [1.54, 1.807) is 30.3 Å². The maximum atomic E-state index is 14.3. The topological polar surface area (TPSA) is 72.2 Å². The van der Waals surface area contributed by atoms with Gasteiger partial charge in [-0.15, -0.1) is 0 Å². The molecule has 0 amide bonds. The van der Waals surface area contributed by atoms with E-state index in [-0.39, 0.29) is 33.8 Å². The number of halogens is 3. The fraction of sp³-hybridized carbons (Fsp3) is 0.0455. The second kappa shape index (κ2) is 8.70. The Morgan fingerprint density at radius 2 is 1.52 bits per heavy atom. The van der Waals surface area contributed by atoms with E-state index in [0.29, 0.717) is 10.0 Å². The number of anilines is 1. The lowest BCUT2D eigenvalue weighted by Gasteiger charge is -2.06. The Bertz CT molecular complexity index is 1320. The summed E-state index contributed by atoms with van der Waals surface area (Å²) in [5.74, 6) is -0.823. The Hall–Kier alpha value is -2.87. The molecule has 4 rings (SSSR count). The standard InChI is InChI=1S/C22H15Cl2FN2O3S/c23-15-7-5-14(6-8-15)13-26-21-22(31(28,29)17-11-9-16(24)10-12-17)27-20(30-21)18-3-1-2-4-19(18)25/h1-12,26H,13H2. The molecule has 158 valence electrons. The van der Waals surface area contributed by atoms with Crippen molar-refractivity contribution in [3.8, 4) is 11.5 Å². The van der Waals surface area contributed by atoms with Crippen molar-refractivity contribution in [1.29, 1.82) is 0 Å². The van der Waals surface area contributed by atoms with Crippen molar-refractivity contribution >= 4 is 38.9 Å². The monoisotopic (exact) mass is 476 g/mol. The minimum Gasteiger partial charge on any atom is -0.419 e. The molecule has 1 N–H and O–H groups in total. The first-order chi connectivity index (χ1) is 14.8. The number of sulfone groups is 1. The van der Waals surface area contributed by atoms with Gasteiger partial charge in [-0.25, -0.2) is 12.8 Å². The highest BCUT2D eigenvalue weighted by Crippen LogP contribution is 2.33. The maximum Gasteiger partial charge on any atom is 0.234 e. The third kappa shape index (κ3) is 4.58. The largest absolute Gasteiger partial charge is 0.419 e. The number of rotatable bonds is 6. The minimum atomic E-state index is -4.07. The van der Waals surface area contributed by atoms with Crippen LogP contribution >= 0.6 is 23.2 Å². The number of benzene rings is 3. The predicted molar refractivity (Wildman–Crippen MR) is 118 cm³/mol. The minimum absolute atomic E-state index is 0.0140. The molecule has 0 spiro atoms. The van der Waals surface area contributed by atoms with E-state index < -0.39 is 15.7 Å². The second-order valence-electron chi connectivity index (χ2n) is 6.57. The summed E-state index contributed by atoms with van der Waals surface area (Å²) in [4.78, 5) is 4.11. The zero-order valence-electron chi connectivity index (χ0n) is 15.8. The first-order valence-corrected chi connectivity index (χ1v) is 11.3. The van der Waals surface area contributed by atoms with Gasteiger partial charge >= 0.3 is 0 Å². The summed E-state index contributed by atoms with van der Waals surface area (Å²) < 4.78 is 46.4. The number of hydrogen-bond acceptors (Lipinski definition) is 5. The molecule has 1 aromatic heterocycles. The number of aromatic nitrogens is 1. The summed E-state index contributed by atoms with van der Waals surface area (Å²) in [5, 5.41) is 3.58. The molecule has 0 fully saturated rings. The van der Waals surface area contributed by atoms with E-state index in [4.69, 9.17) is 27.6 Å². The lowest BCUT2D eigenvalue weighted by molar-refractivity contribution is 0.567. The molecule has 0 aliphatic carbocycles. The quantitative estimate of drug-likeness (QED) is 0.356. The Morgan fingerprint density at radius 3 is 2.16 bits per heavy atom. The van der Waals surface area contributed by atoms with Crippen molar-refractivity contribution in [3.63, 3.8) is 0 Å². The van der Waals surface area contributed by atoms with Crippen molar-refractivity contribution < 1.29 is 17.2 Å². The van der Waals surface area contributed by atoms with Crippen LogP contribution in [0.5, 0.6) is 0 Å². The highest BCUT2D eigenvalue weighted by Gasteiger charge is 2.29. The van der Waals surface area contributed by atoms with E-state index >= 15 is 0 Å². The first kappa shape index (κ1) is 21.4. The van der Waals surface area contributed by atoms with Crippen LogP contribution in [-0.2, 0) is 16.4 Å². The van der Waals surface area contributed by atoms with E-state index in [9.17, 15) is 12.8 Å². The molecule has 9 heteroatoms.